The van der Waals surface area contributed by atoms with Crippen molar-refractivity contribution in [2.24, 2.45) is 0 Å². The first kappa shape index (κ1) is 13.8. The highest BCUT2D eigenvalue weighted by atomic mass is 16.4. The summed E-state index contributed by atoms with van der Waals surface area (Å²) in [4.78, 5) is 28.6. The number of rotatable bonds is 2. The van der Waals surface area contributed by atoms with Crippen molar-refractivity contribution in [1.29, 1.82) is 0 Å². The van der Waals surface area contributed by atoms with Gasteiger partial charge in [0.05, 0.1) is 6.04 Å². The minimum Gasteiger partial charge on any atom is -0.422 e. The lowest BCUT2D eigenvalue weighted by Gasteiger charge is -2.24. The highest BCUT2D eigenvalue weighted by molar-refractivity contribution is 5.82. The third-order valence-electron chi connectivity index (χ3n) is 3.97. The Balaban J connectivity index is 1.93. The lowest BCUT2D eigenvalue weighted by atomic mass is 10.2. The summed E-state index contributed by atoms with van der Waals surface area (Å²) in [7, 11) is 1.84. The quantitative estimate of drug-likeness (QED) is 0.829. The Kier molecular flexibility index (Phi) is 3.27. The SMILES string of the molecule is CC(=O)N(C)[C@@H]1CCN(c2nc(C)nc3oc(C)nc23)C1. The number of amides is 1. The Morgan fingerprint density at radius 1 is 1.33 bits per heavy atom. The van der Waals surface area contributed by atoms with Crippen molar-refractivity contribution in [2.45, 2.75) is 33.2 Å². The van der Waals surface area contributed by atoms with Crippen LogP contribution in [0, 0.1) is 13.8 Å². The van der Waals surface area contributed by atoms with Crippen LogP contribution >= 0.6 is 0 Å². The number of fused-ring (bicyclic) bond motifs is 1. The molecule has 3 heterocycles. The summed E-state index contributed by atoms with van der Waals surface area (Å²) in [6, 6.07) is 0.209. The van der Waals surface area contributed by atoms with Crippen molar-refractivity contribution in [3.8, 4) is 0 Å². The van der Waals surface area contributed by atoms with E-state index in [2.05, 4.69) is 19.9 Å². The van der Waals surface area contributed by atoms with Crippen LogP contribution in [-0.4, -0.2) is 51.9 Å². The van der Waals surface area contributed by atoms with Crippen LogP contribution < -0.4 is 4.90 Å². The molecule has 2 aromatic heterocycles. The van der Waals surface area contributed by atoms with Crippen LogP contribution in [0.5, 0.6) is 0 Å². The second kappa shape index (κ2) is 4.98. The van der Waals surface area contributed by atoms with E-state index < -0.39 is 0 Å². The molecular weight excluding hydrogens is 270 g/mol. The Hall–Kier alpha value is -2.18. The number of carbonyl (C=O) groups excluding carboxylic acids is 1. The van der Waals surface area contributed by atoms with Gasteiger partial charge in [-0.05, 0) is 13.3 Å². The standard InChI is InChI=1S/C14H19N5O2/c1-8-15-13(12-14(16-8)21-9(2)17-12)19-6-5-11(7-19)18(4)10(3)20/h11H,5-7H2,1-4H3/t11-/m1/s1. The van der Waals surface area contributed by atoms with E-state index in [-0.39, 0.29) is 11.9 Å². The highest BCUT2D eigenvalue weighted by Crippen LogP contribution is 2.27. The predicted molar refractivity (Wildman–Crippen MR) is 78.1 cm³/mol. The maximum absolute atomic E-state index is 11.5. The van der Waals surface area contributed by atoms with Gasteiger partial charge in [0.2, 0.25) is 5.91 Å². The van der Waals surface area contributed by atoms with Crippen molar-refractivity contribution >= 4 is 23.0 Å². The fourth-order valence-electron chi connectivity index (χ4n) is 2.74. The summed E-state index contributed by atoms with van der Waals surface area (Å²) < 4.78 is 5.51. The van der Waals surface area contributed by atoms with E-state index in [9.17, 15) is 4.79 Å². The third kappa shape index (κ3) is 2.43. The Morgan fingerprint density at radius 2 is 2.10 bits per heavy atom. The number of carbonyl (C=O) groups is 1. The van der Waals surface area contributed by atoms with Crippen LogP contribution in [0.3, 0.4) is 0 Å². The zero-order valence-electron chi connectivity index (χ0n) is 12.8. The van der Waals surface area contributed by atoms with Gasteiger partial charge in [-0.2, -0.15) is 4.98 Å². The average Bonchev–Trinajstić information content (AvgIpc) is 3.02. The molecule has 0 spiro atoms. The smallest absolute Gasteiger partial charge is 0.252 e. The maximum Gasteiger partial charge on any atom is 0.252 e. The molecule has 0 aliphatic carbocycles. The Morgan fingerprint density at radius 3 is 2.81 bits per heavy atom. The largest absolute Gasteiger partial charge is 0.422 e. The topological polar surface area (TPSA) is 75.4 Å². The van der Waals surface area contributed by atoms with Gasteiger partial charge in [0, 0.05) is 34.0 Å². The number of hydrogen-bond acceptors (Lipinski definition) is 6. The zero-order valence-corrected chi connectivity index (χ0v) is 12.8. The van der Waals surface area contributed by atoms with Crippen molar-refractivity contribution in [1.82, 2.24) is 19.9 Å². The summed E-state index contributed by atoms with van der Waals surface area (Å²) in [5, 5.41) is 0. The molecule has 3 rings (SSSR count). The van der Waals surface area contributed by atoms with Crippen LogP contribution in [0.1, 0.15) is 25.1 Å². The van der Waals surface area contributed by atoms with Gasteiger partial charge >= 0.3 is 0 Å². The highest BCUT2D eigenvalue weighted by Gasteiger charge is 2.30. The van der Waals surface area contributed by atoms with Gasteiger partial charge in [0.25, 0.3) is 5.71 Å². The Labute approximate surface area is 123 Å². The Bertz CT molecular complexity index is 696. The number of oxazole rings is 1. The monoisotopic (exact) mass is 289 g/mol. The zero-order chi connectivity index (χ0) is 15.1. The molecule has 2 aromatic rings. The van der Waals surface area contributed by atoms with Crippen molar-refractivity contribution in [3.05, 3.63) is 11.7 Å². The van der Waals surface area contributed by atoms with Gasteiger partial charge < -0.3 is 14.2 Å². The van der Waals surface area contributed by atoms with Crippen molar-refractivity contribution in [2.75, 3.05) is 25.0 Å². The molecule has 0 N–H and O–H groups in total. The van der Waals surface area contributed by atoms with Crippen molar-refractivity contribution in [3.63, 3.8) is 0 Å². The van der Waals surface area contributed by atoms with Gasteiger partial charge in [-0.1, -0.05) is 0 Å². The molecule has 21 heavy (non-hydrogen) atoms. The lowest BCUT2D eigenvalue weighted by molar-refractivity contribution is -0.129. The van der Waals surface area contributed by atoms with Crippen LogP contribution in [-0.2, 0) is 4.79 Å². The van der Waals surface area contributed by atoms with E-state index >= 15 is 0 Å². The molecule has 112 valence electrons. The second-order valence-electron chi connectivity index (χ2n) is 5.50. The average molecular weight is 289 g/mol. The van der Waals surface area contributed by atoms with Crippen LogP contribution in [0.25, 0.3) is 11.2 Å². The van der Waals surface area contributed by atoms with Crippen LogP contribution in [0.2, 0.25) is 0 Å². The molecule has 1 amide bonds. The number of aromatic nitrogens is 3. The molecule has 7 nitrogen and oxygen atoms in total. The van der Waals surface area contributed by atoms with Gasteiger partial charge in [0.15, 0.2) is 17.2 Å². The first-order valence-corrected chi connectivity index (χ1v) is 7.06. The molecule has 1 atom stereocenters. The van der Waals surface area contributed by atoms with Crippen LogP contribution in [0.15, 0.2) is 4.42 Å². The number of anilines is 1. The van der Waals surface area contributed by atoms with Gasteiger partial charge in [-0.15, -0.1) is 0 Å². The van der Waals surface area contributed by atoms with Crippen molar-refractivity contribution < 1.29 is 9.21 Å². The molecule has 0 bridgehead atoms. The summed E-state index contributed by atoms with van der Waals surface area (Å²) in [6.07, 6.45) is 0.928. The summed E-state index contributed by atoms with van der Waals surface area (Å²) in [5.41, 5.74) is 1.22. The fraction of sp³-hybridized carbons (Fsp3) is 0.571. The molecule has 0 radical (unpaired) electrons. The normalized spacial score (nSPS) is 18.5. The van der Waals surface area contributed by atoms with E-state index in [0.29, 0.717) is 22.9 Å². The molecule has 1 aliphatic rings. The number of likely N-dealkylation sites (N-methyl/N-ethyl adjacent to an activating group) is 1. The molecule has 0 saturated carbocycles. The number of nitrogens with zero attached hydrogens (tertiary/aromatic N) is 5. The van der Waals surface area contributed by atoms with Gasteiger partial charge in [-0.3, -0.25) is 4.79 Å². The molecule has 1 fully saturated rings. The first-order chi connectivity index (χ1) is 9.95. The van der Waals surface area contributed by atoms with E-state index in [1.54, 1.807) is 18.7 Å². The summed E-state index contributed by atoms with van der Waals surface area (Å²) in [5.74, 6) is 2.14. The first-order valence-electron chi connectivity index (χ1n) is 7.06. The van der Waals surface area contributed by atoms with Gasteiger partial charge in [0.1, 0.15) is 5.82 Å². The fourth-order valence-corrected chi connectivity index (χ4v) is 2.74. The van der Waals surface area contributed by atoms with E-state index in [1.807, 2.05) is 14.0 Å². The minimum atomic E-state index is 0.0862. The van der Waals surface area contributed by atoms with Gasteiger partial charge in [-0.25, -0.2) is 9.97 Å². The van der Waals surface area contributed by atoms with E-state index in [0.717, 1.165) is 25.3 Å². The third-order valence-corrected chi connectivity index (χ3v) is 3.97. The molecule has 0 unspecified atom stereocenters. The summed E-state index contributed by atoms with van der Waals surface area (Å²) >= 11 is 0. The molecular formula is C14H19N5O2. The summed E-state index contributed by atoms with van der Waals surface area (Å²) in [6.45, 7) is 6.84. The van der Waals surface area contributed by atoms with E-state index in [4.69, 9.17) is 4.42 Å². The van der Waals surface area contributed by atoms with E-state index in [1.165, 1.54) is 0 Å². The predicted octanol–water partition coefficient (Wildman–Crippen LogP) is 1.29. The molecule has 0 aromatic carbocycles. The number of hydrogen-bond donors (Lipinski definition) is 0. The molecule has 1 aliphatic heterocycles. The molecule has 7 heteroatoms. The second-order valence-corrected chi connectivity index (χ2v) is 5.50. The number of aryl methyl sites for hydroxylation is 2. The maximum atomic E-state index is 11.5. The molecule has 1 saturated heterocycles. The minimum absolute atomic E-state index is 0.0862. The lowest BCUT2D eigenvalue weighted by Crippen LogP contribution is -2.37. The van der Waals surface area contributed by atoms with Crippen LogP contribution in [0.4, 0.5) is 5.82 Å².